The van der Waals surface area contributed by atoms with Crippen molar-refractivity contribution in [2.24, 2.45) is 17.1 Å². The topological polar surface area (TPSA) is 55.1 Å². The quantitative estimate of drug-likeness (QED) is 0.754. The average molecular weight is 226 g/mol. The molecule has 0 aliphatic heterocycles. The van der Waals surface area contributed by atoms with Crippen LogP contribution in [0.2, 0.25) is 0 Å². The number of hydrogen-bond donors (Lipinski definition) is 2. The van der Waals surface area contributed by atoms with E-state index in [0.29, 0.717) is 24.9 Å². The minimum Gasteiger partial charge on any atom is -0.353 e. The van der Waals surface area contributed by atoms with Gasteiger partial charge in [0.05, 0.1) is 0 Å². The SMILES string of the molecule is CC(CN)CCC(=O)NC1CCCC1(C)C. The van der Waals surface area contributed by atoms with Crippen molar-refractivity contribution in [3.63, 3.8) is 0 Å². The van der Waals surface area contributed by atoms with Gasteiger partial charge in [-0.1, -0.05) is 27.2 Å². The molecule has 0 radical (unpaired) electrons. The molecule has 1 amide bonds. The van der Waals surface area contributed by atoms with Crippen molar-refractivity contribution in [2.75, 3.05) is 6.54 Å². The van der Waals surface area contributed by atoms with Crippen LogP contribution in [0.25, 0.3) is 0 Å². The van der Waals surface area contributed by atoms with Gasteiger partial charge >= 0.3 is 0 Å². The first-order valence-corrected chi connectivity index (χ1v) is 6.45. The number of nitrogens with one attached hydrogen (secondary N) is 1. The molecular weight excluding hydrogens is 200 g/mol. The summed E-state index contributed by atoms with van der Waals surface area (Å²) in [5.74, 6) is 0.641. The lowest BCUT2D eigenvalue weighted by Gasteiger charge is -2.28. The Bertz CT molecular complexity index is 238. The predicted octanol–water partition coefficient (Wildman–Crippen LogP) is 2.06. The second-order valence-electron chi connectivity index (χ2n) is 5.88. The predicted molar refractivity (Wildman–Crippen MR) is 67.0 cm³/mol. The normalized spacial score (nSPS) is 25.4. The molecule has 1 rings (SSSR count). The van der Waals surface area contributed by atoms with Gasteiger partial charge in [-0.25, -0.2) is 0 Å². The van der Waals surface area contributed by atoms with Crippen LogP contribution in [-0.4, -0.2) is 18.5 Å². The number of amides is 1. The molecule has 1 aliphatic carbocycles. The van der Waals surface area contributed by atoms with E-state index >= 15 is 0 Å². The highest BCUT2D eigenvalue weighted by Crippen LogP contribution is 2.37. The zero-order valence-corrected chi connectivity index (χ0v) is 10.9. The summed E-state index contributed by atoms with van der Waals surface area (Å²) in [6.45, 7) is 7.25. The molecule has 0 aromatic carbocycles. The lowest BCUT2D eigenvalue weighted by atomic mass is 9.87. The molecule has 0 aromatic rings. The van der Waals surface area contributed by atoms with E-state index in [1.54, 1.807) is 0 Å². The van der Waals surface area contributed by atoms with Gasteiger partial charge in [-0.05, 0) is 37.1 Å². The average Bonchev–Trinajstić information content (AvgIpc) is 2.55. The van der Waals surface area contributed by atoms with Crippen molar-refractivity contribution < 1.29 is 4.79 Å². The zero-order chi connectivity index (χ0) is 12.2. The van der Waals surface area contributed by atoms with Gasteiger partial charge in [-0.15, -0.1) is 0 Å². The number of nitrogens with two attached hydrogens (primary N) is 1. The molecule has 1 saturated carbocycles. The smallest absolute Gasteiger partial charge is 0.220 e. The molecule has 3 nitrogen and oxygen atoms in total. The van der Waals surface area contributed by atoms with Crippen LogP contribution in [0.15, 0.2) is 0 Å². The summed E-state index contributed by atoms with van der Waals surface area (Å²) >= 11 is 0. The fourth-order valence-electron chi connectivity index (χ4n) is 2.36. The molecule has 1 aliphatic rings. The van der Waals surface area contributed by atoms with Crippen molar-refractivity contribution in [2.45, 2.75) is 58.9 Å². The van der Waals surface area contributed by atoms with Crippen molar-refractivity contribution in [1.82, 2.24) is 5.32 Å². The second kappa shape index (κ2) is 5.67. The van der Waals surface area contributed by atoms with Crippen LogP contribution < -0.4 is 11.1 Å². The zero-order valence-electron chi connectivity index (χ0n) is 10.9. The first-order chi connectivity index (χ1) is 7.45. The van der Waals surface area contributed by atoms with Crippen LogP contribution in [0.5, 0.6) is 0 Å². The van der Waals surface area contributed by atoms with Crippen LogP contribution in [-0.2, 0) is 4.79 Å². The molecule has 0 bridgehead atoms. The number of hydrogen-bond acceptors (Lipinski definition) is 2. The Hall–Kier alpha value is -0.570. The van der Waals surface area contributed by atoms with E-state index in [2.05, 4.69) is 26.1 Å². The molecule has 0 heterocycles. The maximum Gasteiger partial charge on any atom is 0.220 e. The van der Waals surface area contributed by atoms with Gasteiger partial charge in [-0.3, -0.25) is 4.79 Å². The van der Waals surface area contributed by atoms with Crippen molar-refractivity contribution in [1.29, 1.82) is 0 Å². The number of rotatable bonds is 5. The molecule has 0 spiro atoms. The van der Waals surface area contributed by atoms with Crippen LogP contribution in [0.4, 0.5) is 0 Å². The molecular formula is C13H26N2O. The van der Waals surface area contributed by atoms with E-state index in [1.807, 2.05) is 0 Å². The highest BCUT2D eigenvalue weighted by atomic mass is 16.1. The summed E-state index contributed by atoms with van der Waals surface area (Å²) in [5, 5.41) is 3.17. The van der Waals surface area contributed by atoms with E-state index in [1.165, 1.54) is 12.8 Å². The van der Waals surface area contributed by atoms with E-state index in [9.17, 15) is 4.79 Å². The van der Waals surface area contributed by atoms with Gasteiger partial charge in [0, 0.05) is 12.5 Å². The second-order valence-corrected chi connectivity index (χ2v) is 5.88. The molecule has 94 valence electrons. The molecule has 0 saturated heterocycles. The maximum absolute atomic E-state index is 11.8. The minimum absolute atomic E-state index is 0.195. The summed E-state index contributed by atoms with van der Waals surface area (Å²) in [5.41, 5.74) is 5.81. The maximum atomic E-state index is 11.8. The standard InChI is InChI=1S/C13H26N2O/c1-10(9-14)6-7-12(16)15-11-5-4-8-13(11,2)3/h10-11H,4-9,14H2,1-3H3,(H,15,16). The summed E-state index contributed by atoms with van der Waals surface area (Å²) in [6.07, 6.45) is 5.10. The van der Waals surface area contributed by atoms with E-state index < -0.39 is 0 Å². The summed E-state index contributed by atoms with van der Waals surface area (Å²) < 4.78 is 0. The molecule has 0 aromatic heterocycles. The Balaban J connectivity index is 2.29. The van der Waals surface area contributed by atoms with E-state index in [0.717, 1.165) is 12.8 Å². The van der Waals surface area contributed by atoms with Gasteiger partial charge in [0.2, 0.25) is 5.91 Å². The molecule has 16 heavy (non-hydrogen) atoms. The van der Waals surface area contributed by atoms with Crippen molar-refractivity contribution >= 4 is 5.91 Å². The largest absolute Gasteiger partial charge is 0.353 e. The van der Waals surface area contributed by atoms with Gasteiger partial charge in [-0.2, -0.15) is 0 Å². The van der Waals surface area contributed by atoms with Gasteiger partial charge < -0.3 is 11.1 Å². The molecule has 3 N–H and O–H groups in total. The van der Waals surface area contributed by atoms with Crippen molar-refractivity contribution in [3.05, 3.63) is 0 Å². The van der Waals surface area contributed by atoms with Gasteiger partial charge in [0.15, 0.2) is 0 Å². The summed E-state index contributed by atoms with van der Waals surface area (Å²) in [4.78, 5) is 11.8. The Morgan fingerprint density at radius 1 is 1.56 bits per heavy atom. The van der Waals surface area contributed by atoms with Crippen molar-refractivity contribution in [3.8, 4) is 0 Å². The Kier molecular flexibility index (Phi) is 4.78. The third kappa shape index (κ3) is 3.78. The highest BCUT2D eigenvalue weighted by Gasteiger charge is 2.35. The third-order valence-corrected chi connectivity index (χ3v) is 3.86. The molecule has 2 atom stereocenters. The van der Waals surface area contributed by atoms with Gasteiger partial charge in [0.1, 0.15) is 0 Å². The number of carbonyl (C=O) groups excluding carboxylic acids is 1. The summed E-state index contributed by atoms with van der Waals surface area (Å²) in [7, 11) is 0. The molecule has 1 fully saturated rings. The Labute approximate surface area is 99.2 Å². The molecule has 2 unspecified atom stereocenters. The fourth-order valence-corrected chi connectivity index (χ4v) is 2.36. The Morgan fingerprint density at radius 3 is 2.75 bits per heavy atom. The summed E-state index contributed by atoms with van der Waals surface area (Å²) in [6, 6.07) is 0.369. The lowest BCUT2D eigenvalue weighted by Crippen LogP contribution is -2.41. The highest BCUT2D eigenvalue weighted by molar-refractivity contribution is 5.76. The van der Waals surface area contributed by atoms with E-state index in [4.69, 9.17) is 5.73 Å². The first-order valence-electron chi connectivity index (χ1n) is 6.45. The third-order valence-electron chi connectivity index (χ3n) is 3.86. The van der Waals surface area contributed by atoms with Crippen LogP contribution in [0.3, 0.4) is 0 Å². The van der Waals surface area contributed by atoms with Crippen LogP contribution in [0, 0.1) is 11.3 Å². The minimum atomic E-state index is 0.195. The first kappa shape index (κ1) is 13.5. The lowest BCUT2D eigenvalue weighted by molar-refractivity contribution is -0.122. The van der Waals surface area contributed by atoms with Crippen LogP contribution >= 0.6 is 0 Å². The monoisotopic (exact) mass is 226 g/mol. The van der Waals surface area contributed by atoms with Gasteiger partial charge in [0.25, 0.3) is 0 Å². The van der Waals surface area contributed by atoms with E-state index in [-0.39, 0.29) is 11.3 Å². The Morgan fingerprint density at radius 2 is 2.25 bits per heavy atom. The fraction of sp³-hybridized carbons (Fsp3) is 0.923. The molecule has 3 heteroatoms. The number of carbonyl (C=O) groups is 1. The van der Waals surface area contributed by atoms with Crippen LogP contribution in [0.1, 0.15) is 52.9 Å².